The molecule has 2 aromatic carbocycles. The highest BCUT2D eigenvalue weighted by atomic mass is 19.4. The molecule has 4 nitrogen and oxygen atoms in total. The van der Waals surface area contributed by atoms with Gasteiger partial charge in [0.1, 0.15) is 5.75 Å². The molecule has 2 N–H and O–H groups in total. The van der Waals surface area contributed by atoms with Gasteiger partial charge in [-0.3, -0.25) is 4.79 Å². The lowest BCUT2D eigenvalue weighted by atomic mass is 9.51. The lowest BCUT2D eigenvalue weighted by Crippen LogP contribution is -2.47. The number of benzene rings is 2. The minimum Gasteiger partial charge on any atom is -0.490 e. The molecule has 1 amide bonds. The van der Waals surface area contributed by atoms with Crippen LogP contribution >= 0.6 is 0 Å². The highest BCUT2D eigenvalue weighted by Gasteiger charge is 2.50. The fourth-order valence-electron chi connectivity index (χ4n) is 5.84. The smallest absolute Gasteiger partial charge is 0.416 e. The van der Waals surface area contributed by atoms with Crippen LogP contribution in [0.2, 0.25) is 0 Å². The number of alkyl halides is 3. The van der Waals surface area contributed by atoms with Crippen molar-refractivity contribution in [2.45, 2.75) is 63.1 Å². The molecule has 0 saturated heterocycles. The van der Waals surface area contributed by atoms with Crippen LogP contribution in [0.25, 0.3) is 10.9 Å². The topological polar surface area (TPSA) is 54.1 Å². The normalized spacial score (nSPS) is 23.7. The average Bonchev–Trinajstić information content (AvgIpc) is 3.10. The molecule has 7 heteroatoms. The van der Waals surface area contributed by atoms with E-state index in [4.69, 9.17) is 4.74 Å². The Kier molecular flexibility index (Phi) is 4.94. The zero-order valence-electron chi connectivity index (χ0n) is 18.8. The molecular formula is C27H27F3N2O2. The predicted molar refractivity (Wildman–Crippen MR) is 124 cm³/mol. The van der Waals surface area contributed by atoms with Crippen LogP contribution in [0, 0.1) is 11.3 Å². The Labute approximate surface area is 195 Å². The maximum absolute atomic E-state index is 12.8. The molecule has 3 aliphatic rings. The SMILES string of the molecule is O=C(Nc1c[nH]c2ccc(O[C@H]3C[C@@H](c4ccc(C(F)(F)F)cc4)C3)cc12)C1CC2(CCC2)C1. The molecule has 3 fully saturated rings. The number of hydrogen-bond donors (Lipinski definition) is 2. The van der Waals surface area contributed by atoms with E-state index in [1.54, 1.807) is 12.1 Å². The largest absolute Gasteiger partial charge is 0.490 e. The van der Waals surface area contributed by atoms with Crippen LogP contribution in [-0.2, 0) is 11.0 Å². The summed E-state index contributed by atoms with van der Waals surface area (Å²) in [4.78, 5) is 15.9. The number of H-pyrrole nitrogens is 1. The molecule has 1 heterocycles. The number of hydrogen-bond acceptors (Lipinski definition) is 2. The van der Waals surface area contributed by atoms with E-state index >= 15 is 0 Å². The number of carbonyl (C=O) groups is 1. The number of halogens is 3. The fourth-order valence-corrected chi connectivity index (χ4v) is 5.84. The zero-order chi connectivity index (χ0) is 23.5. The highest BCUT2D eigenvalue weighted by molar-refractivity contribution is 6.03. The molecule has 0 aliphatic heterocycles. The standard InChI is InChI=1S/C27H27F3N2O2/c28-27(29,30)19-4-2-16(3-5-19)17-10-21(11-17)34-20-6-7-23-22(12-20)24(15-31-23)32-25(33)18-13-26(14-18)8-1-9-26/h2-7,12,15,17-18,21,31H,1,8-11,13-14H2,(H,32,33)/t17-,21+. The molecule has 1 aromatic heterocycles. The summed E-state index contributed by atoms with van der Waals surface area (Å²) in [6.07, 6.45) is 4.93. The molecular weight excluding hydrogens is 441 g/mol. The van der Waals surface area contributed by atoms with Crippen LogP contribution in [0.3, 0.4) is 0 Å². The molecule has 0 bridgehead atoms. The third kappa shape index (κ3) is 3.85. The summed E-state index contributed by atoms with van der Waals surface area (Å²) in [5.74, 6) is 1.15. The number of ether oxygens (including phenoxy) is 1. The van der Waals surface area contributed by atoms with Crippen molar-refractivity contribution in [3.63, 3.8) is 0 Å². The van der Waals surface area contributed by atoms with Crippen molar-refractivity contribution in [2.75, 3.05) is 5.32 Å². The second-order valence-electron chi connectivity index (χ2n) is 10.4. The zero-order valence-corrected chi connectivity index (χ0v) is 18.8. The molecule has 178 valence electrons. The Balaban J connectivity index is 1.07. The lowest BCUT2D eigenvalue weighted by Gasteiger charge is -2.53. The summed E-state index contributed by atoms with van der Waals surface area (Å²) in [5.41, 5.74) is 2.47. The first-order valence-electron chi connectivity index (χ1n) is 12.0. The van der Waals surface area contributed by atoms with Crippen molar-refractivity contribution in [2.24, 2.45) is 11.3 Å². The van der Waals surface area contributed by atoms with Crippen LogP contribution in [-0.4, -0.2) is 17.0 Å². The number of nitrogens with one attached hydrogen (secondary N) is 2. The number of amides is 1. The molecule has 3 saturated carbocycles. The van der Waals surface area contributed by atoms with E-state index in [0.29, 0.717) is 5.41 Å². The number of rotatable bonds is 5. The summed E-state index contributed by atoms with van der Waals surface area (Å²) in [5, 5.41) is 4.02. The van der Waals surface area contributed by atoms with E-state index in [2.05, 4.69) is 10.3 Å². The summed E-state index contributed by atoms with van der Waals surface area (Å²) < 4.78 is 44.4. The van der Waals surface area contributed by atoms with Crippen molar-refractivity contribution in [1.29, 1.82) is 0 Å². The Bertz CT molecular complexity index is 1210. The van der Waals surface area contributed by atoms with Crippen LogP contribution < -0.4 is 10.1 Å². The minimum atomic E-state index is -4.31. The average molecular weight is 469 g/mol. The molecule has 0 radical (unpaired) electrons. The van der Waals surface area contributed by atoms with E-state index in [0.717, 1.165) is 65.7 Å². The van der Waals surface area contributed by atoms with E-state index in [1.807, 2.05) is 24.4 Å². The Hall–Kier alpha value is -2.96. The van der Waals surface area contributed by atoms with Gasteiger partial charge in [-0.05, 0) is 85.8 Å². The van der Waals surface area contributed by atoms with Crippen molar-refractivity contribution in [1.82, 2.24) is 4.98 Å². The fraction of sp³-hybridized carbons (Fsp3) is 0.444. The Morgan fingerprint density at radius 3 is 2.44 bits per heavy atom. The third-order valence-corrected chi connectivity index (χ3v) is 8.16. The van der Waals surface area contributed by atoms with Crippen LogP contribution in [0.4, 0.5) is 18.9 Å². The van der Waals surface area contributed by atoms with E-state index in [9.17, 15) is 18.0 Å². The molecule has 0 unspecified atom stereocenters. The monoisotopic (exact) mass is 468 g/mol. The van der Waals surface area contributed by atoms with E-state index < -0.39 is 11.7 Å². The molecule has 3 aromatic rings. The Morgan fingerprint density at radius 2 is 1.79 bits per heavy atom. The maximum atomic E-state index is 12.8. The number of aromatic nitrogens is 1. The van der Waals surface area contributed by atoms with Gasteiger partial charge in [-0.1, -0.05) is 18.6 Å². The molecule has 1 spiro atoms. The van der Waals surface area contributed by atoms with Gasteiger partial charge in [0.15, 0.2) is 0 Å². The van der Waals surface area contributed by atoms with E-state index in [-0.39, 0.29) is 23.8 Å². The van der Waals surface area contributed by atoms with Gasteiger partial charge in [-0.2, -0.15) is 13.2 Å². The molecule has 6 rings (SSSR count). The van der Waals surface area contributed by atoms with Crippen LogP contribution in [0.5, 0.6) is 5.75 Å². The molecule has 34 heavy (non-hydrogen) atoms. The molecule has 3 aliphatic carbocycles. The third-order valence-electron chi connectivity index (χ3n) is 8.16. The minimum absolute atomic E-state index is 0.0235. The van der Waals surface area contributed by atoms with Crippen molar-refractivity contribution < 1.29 is 22.7 Å². The van der Waals surface area contributed by atoms with Gasteiger partial charge in [0.25, 0.3) is 0 Å². The van der Waals surface area contributed by atoms with Gasteiger partial charge >= 0.3 is 6.18 Å². The van der Waals surface area contributed by atoms with Crippen molar-refractivity contribution >= 4 is 22.5 Å². The second kappa shape index (κ2) is 7.79. The lowest BCUT2D eigenvalue weighted by molar-refractivity contribution is -0.137. The summed E-state index contributed by atoms with van der Waals surface area (Å²) in [6.45, 7) is 0. The van der Waals surface area contributed by atoms with Crippen LogP contribution in [0.15, 0.2) is 48.7 Å². The molecule has 0 atom stereocenters. The summed E-state index contributed by atoms with van der Waals surface area (Å²) in [6, 6.07) is 11.2. The first-order chi connectivity index (χ1) is 16.3. The van der Waals surface area contributed by atoms with Crippen molar-refractivity contribution in [3.05, 3.63) is 59.8 Å². The number of anilines is 1. The number of carbonyl (C=O) groups excluding carboxylic acids is 1. The van der Waals surface area contributed by atoms with Gasteiger partial charge in [0.05, 0.1) is 17.4 Å². The highest BCUT2D eigenvalue weighted by Crippen LogP contribution is 2.58. The quantitative estimate of drug-likeness (QED) is 0.422. The van der Waals surface area contributed by atoms with Gasteiger partial charge in [0, 0.05) is 23.0 Å². The Morgan fingerprint density at radius 1 is 1.06 bits per heavy atom. The van der Waals surface area contributed by atoms with Crippen LogP contribution in [0.1, 0.15) is 62.0 Å². The maximum Gasteiger partial charge on any atom is 0.416 e. The first kappa shape index (κ1) is 21.6. The number of fused-ring (bicyclic) bond motifs is 1. The second-order valence-corrected chi connectivity index (χ2v) is 10.4. The summed E-state index contributed by atoms with van der Waals surface area (Å²) in [7, 11) is 0. The summed E-state index contributed by atoms with van der Waals surface area (Å²) >= 11 is 0. The van der Waals surface area contributed by atoms with Gasteiger partial charge in [-0.15, -0.1) is 0 Å². The first-order valence-corrected chi connectivity index (χ1v) is 12.0. The van der Waals surface area contributed by atoms with Gasteiger partial charge < -0.3 is 15.0 Å². The van der Waals surface area contributed by atoms with Gasteiger partial charge in [0.2, 0.25) is 5.91 Å². The van der Waals surface area contributed by atoms with Gasteiger partial charge in [-0.25, -0.2) is 0 Å². The predicted octanol–water partition coefficient (Wildman–Crippen LogP) is 7.03. The number of aromatic amines is 1. The van der Waals surface area contributed by atoms with Crippen molar-refractivity contribution in [3.8, 4) is 5.75 Å². The van der Waals surface area contributed by atoms with E-state index in [1.165, 1.54) is 19.3 Å².